The molecule has 0 aliphatic carbocycles. The summed E-state index contributed by atoms with van der Waals surface area (Å²) in [5.74, 6) is 0. The highest BCUT2D eigenvalue weighted by Gasteiger charge is 2.23. The minimum absolute atomic E-state index is 0.254. The van der Waals surface area contributed by atoms with Crippen LogP contribution in [0.2, 0.25) is 0 Å². The molecule has 0 spiro atoms. The quantitative estimate of drug-likeness (QED) is 0.493. The predicted molar refractivity (Wildman–Crippen MR) is 122 cm³/mol. The van der Waals surface area contributed by atoms with Crippen molar-refractivity contribution in [3.63, 3.8) is 0 Å². The molecular formula is C22H34N2P2. The van der Waals surface area contributed by atoms with Gasteiger partial charge in [-0.2, -0.15) is 0 Å². The lowest BCUT2D eigenvalue weighted by atomic mass is 10.4. The van der Waals surface area contributed by atoms with Gasteiger partial charge in [0.25, 0.3) is 0 Å². The second-order valence-electron chi connectivity index (χ2n) is 6.20. The molecule has 142 valence electrons. The topological polar surface area (TPSA) is 6.48 Å². The van der Waals surface area contributed by atoms with Crippen LogP contribution in [0.1, 0.15) is 27.7 Å². The van der Waals surface area contributed by atoms with Crippen LogP contribution in [0, 0.1) is 0 Å². The van der Waals surface area contributed by atoms with Crippen molar-refractivity contribution < 1.29 is 0 Å². The van der Waals surface area contributed by atoms with Gasteiger partial charge in [-0.15, -0.1) is 0 Å². The van der Waals surface area contributed by atoms with E-state index in [0.29, 0.717) is 0 Å². The smallest absolute Gasteiger partial charge is 0.000484 e. The average molecular weight is 388 g/mol. The van der Waals surface area contributed by atoms with Crippen molar-refractivity contribution in [1.82, 2.24) is 9.34 Å². The Labute approximate surface area is 163 Å². The van der Waals surface area contributed by atoms with Gasteiger partial charge in [0.1, 0.15) is 0 Å². The number of hydrogen-bond donors (Lipinski definition) is 0. The molecule has 0 saturated heterocycles. The van der Waals surface area contributed by atoms with Crippen molar-refractivity contribution in [2.75, 3.05) is 38.5 Å². The summed E-state index contributed by atoms with van der Waals surface area (Å²) in [5, 5.41) is 3.04. The van der Waals surface area contributed by atoms with Crippen molar-refractivity contribution in [1.29, 1.82) is 0 Å². The van der Waals surface area contributed by atoms with Gasteiger partial charge in [-0.25, -0.2) is 0 Å². The Kier molecular flexibility index (Phi) is 9.79. The van der Waals surface area contributed by atoms with E-state index in [9.17, 15) is 0 Å². The van der Waals surface area contributed by atoms with Crippen molar-refractivity contribution >= 4 is 26.8 Å². The van der Waals surface area contributed by atoms with E-state index in [2.05, 4.69) is 97.7 Å². The van der Waals surface area contributed by atoms with Gasteiger partial charge in [-0.1, -0.05) is 88.4 Å². The molecule has 0 fully saturated rings. The van der Waals surface area contributed by atoms with Crippen LogP contribution in [0.25, 0.3) is 0 Å². The lowest BCUT2D eigenvalue weighted by Crippen LogP contribution is -2.28. The third kappa shape index (κ3) is 5.86. The first kappa shape index (κ1) is 21.5. The molecule has 0 radical (unpaired) electrons. The molecule has 2 aromatic carbocycles. The highest BCUT2D eigenvalue weighted by Crippen LogP contribution is 2.46. The molecule has 2 unspecified atom stereocenters. The summed E-state index contributed by atoms with van der Waals surface area (Å²) in [6.45, 7) is 13.7. The van der Waals surface area contributed by atoms with E-state index in [-0.39, 0.29) is 16.1 Å². The maximum absolute atomic E-state index is 2.67. The summed E-state index contributed by atoms with van der Waals surface area (Å²) in [7, 11) is -0.508. The van der Waals surface area contributed by atoms with Crippen LogP contribution < -0.4 is 10.6 Å². The van der Waals surface area contributed by atoms with Crippen LogP contribution >= 0.6 is 16.1 Å². The van der Waals surface area contributed by atoms with E-state index in [1.54, 1.807) is 0 Å². The molecular weight excluding hydrogens is 354 g/mol. The van der Waals surface area contributed by atoms with Crippen molar-refractivity contribution in [2.45, 2.75) is 27.7 Å². The molecule has 0 bridgehead atoms. The third-order valence-corrected chi connectivity index (χ3v) is 10.7. The van der Waals surface area contributed by atoms with Gasteiger partial charge >= 0.3 is 0 Å². The second-order valence-corrected chi connectivity index (χ2v) is 10.9. The second kappa shape index (κ2) is 11.8. The van der Waals surface area contributed by atoms with Crippen molar-refractivity contribution in [3.8, 4) is 0 Å². The standard InChI is InChI=1S/C22H34N2P2/c1-5-23(6-2)25(21-15-11-9-12-16-21)19-20-26(24(7-3)8-4)22-17-13-10-14-18-22/h9-18H,5-8,19-20H2,1-4H3. The number of hydrogen-bond acceptors (Lipinski definition) is 2. The van der Waals surface area contributed by atoms with Crippen molar-refractivity contribution in [3.05, 3.63) is 60.7 Å². The predicted octanol–water partition coefficient (Wildman–Crippen LogP) is 5.11. The zero-order valence-corrected chi connectivity index (χ0v) is 18.6. The first-order chi connectivity index (χ1) is 12.7. The summed E-state index contributed by atoms with van der Waals surface area (Å²) in [6.07, 6.45) is 2.55. The fourth-order valence-corrected chi connectivity index (χ4v) is 9.04. The van der Waals surface area contributed by atoms with Crippen LogP contribution in [0.3, 0.4) is 0 Å². The molecule has 2 atom stereocenters. The van der Waals surface area contributed by atoms with E-state index in [4.69, 9.17) is 0 Å². The summed E-state index contributed by atoms with van der Waals surface area (Å²) in [6, 6.07) is 22.3. The van der Waals surface area contributed by atoms with Gasteiger partial charge in [0.2, 0.25) is 0 Å². The van der Waals surface area contributed by atoms with Gasteiger partial charge in [0.15, 0.2) is 0 Å². The van der Waals surface area contributed by atoms with E-state index in [1.807, 2.05) is 0 Å². The molecule has 2 nitrogen and oxygen atoms in total. The lowest BCUT2D eigenvalue weighted by molar-refractivity contribution is 0.506. The monoisotopic (exact) mass is 388 g/mol. The first-order valence-electron chi connectivity index (χ1n) is 9.89. The minimum Gasteiger partial charge on any atom is -0.279 e. The van der Waals surface area contributed by atoms with Crippen molar-refractivity contribution in [2.24, 2.45) is 0 Å². The van der Waals surface area contributed by atoms with Crippen LogP contribution in [0.5, 0.6) is 0 Å². The molecule has 2 rings (SSSR count). The van der Waals surface area contributed by atoms with Crippen LogP contribution in [0.15, 0.2) is 60.7 Å². The van der Waals surface area contributed by atoms with E-state index >= 15 is 0 Å². The van der Waals surface area contributed by atoms with Crippen LogP contribution in [-0.4, -0.2) is 47.8 Å². The molecule has 0 aromatic heterocycles. The SMILES string of the molecule is CCN(CC)P(CCP(c1ccccc1)N(CC)CC)c1ccccc1. The Morgan fingerprint density at radius 3 is 1.12 bits per heavy atom. The fourth-order valence-electron chi connectivity index (χ4n) is 3.39. The molecule has 0 saturated carbocycles. The highest BCUT2D eigenvalue weighted by atomic mass is 31.1. The lowest BCUT2D eigenvalue weighted by Gasteiger charge is -2.34. The first-order valence-corrected chi connectivity index (χ1v) is 12.9. The minimum atomic E-state index is -0.254. The molecule has 0 aliphatic rings. The van der Waals surface area contributed by atoms with Crippen LogP contribution in [0.4, 0.5) is 0 Å². The molecule has 0 N–H and O–H groups in total. The Morgan fingerprint density at radius 2 is 0.846 bits per heavy atom. The molecule has 0 aliphatic heterocycles. The molecule has 0 heterocycles. The highest BCUT2D eigenvalue weighted by molar-refractivity contribution is 7.67. The van der Waals surface area contributed by atoms with Gasteiger partial charge in [-0.3, -0.25) is 9.34 Å². The Hall–Kier alpha value is -0.780. The Morgan fingerprint density at radius 1 is 0.538 bits per heavy atom. The average Bonchev–Trinajstić information content (AvgIpc) is 2.71. The molecule has 26 heavy (non-hydrogen) atoms. The summed E-state index contributed by atoms with van der Waals surface area (Å²) < 4.78 is 5.34. The van der Waals surface area contributed by atoms with E-state index in [0.717, 1.165) is 26.2 Å². The van der Waals surface area contributed by atoms with Gasteiger partial charge in [-0.05, 0) is 65.3 Å². The van der Waals surface area contributed by atoms with Gasteiger partial charge in [0, 0.05) is 0 Å². The molecule has 2 aromatic rings. The summed E-state index contributed by atoms with van der Waals surface area (Å²) in [5.41, 5.74) is 0. The Balaban J connectivity index is 2.22. The number of rotatable bonds is 11. The zero-order chi connectivity index (χ0) is 18.8. The maximum atomic E-state index is 2.67. The summed E-state index contributed by atoms with van der Waals surface area (Å²) >= 11 is 0. The molecule has 0 amide bonds. The number of nitrogens with zero attached hydrogens (tertiary/aromatic N) is 2. The maximum Gasteiger partial charge on any atom is -0.000484 e. The normalized spacial score (nSPS) is 13.9. The van der Waals surface area contributed by atoms with E-state index < -0.39 is 0 Å². The third-order valence-electron chi connectivity index (χ3n) is 4.78. The molecule has 4 heteroatoms. The fraction of sp³-hybridized carbons (Fsp3) is 0.455. The van der Waals surface area contributed by atoms with Crippen LogP contribution in [-0.2, 0) is 0 Å². The van der Waals surface area contributed by atoms with Gasteiger partial charge < -0.3 is 0 Å². The van der Waals surface area contributed by atoms with E-state index in [1.165, 1.54) is 22.9 Å². The zero-order valence-electron chi connectivity index (χ0n) is 16.8. The number of benzene rings is 2. The largest absolute Gasteiger partial charge is 0.279 e. The summed E-state index contributed by atoms with van der Waals surface area (Å²) in [4.78, 5) is 0. The Bertz CT molecular complexity index is 543. The van der Waals surface area contributed by atoms with Gasteiger partial charge in [0.05, 0.1) is 0 Å².